The van der Waals surface area contributed by atoms with Gasteiger partial charge in [-0.25, -0.2) is 0 Å². The van der Waals surface area contributed by atoms with Gasteiger partial charge in [0.05, 0.1) is 13.2 Å². The van der Waals surface area contributed by atoms with Gasteiger partial charge in [-0.1, -0.05) is 38.1 Å². The van der Waals surface area contributed by atoms with Gasteiger partial charge in [-0.15, -0.1) is 0 Å². The molecule has 1 amide bonds. The number of para-hydroxylation sites is 2. The van der Waals surface area contributed by atoms with Gasteiger partial charge in [-0.2, -0.15) is 0 Å². The molecule has 2 atom stereocenters. The number of carbonyl (C=O) groups excluding carboxylic acids is 1. The lowest BCUT2D eigenvalue weighted by Gasteiger charge is -2.31. The van der Waals surface area contributed by atoms with Crippen LogP contribution >= 0.6 is 0 Å². The van der Waals surface area contributed by atoms with Crippen molar-refractivity contribution in [2.75, 3.05) is 33.4 Å². The third-order valence-electron chi connectivity index (χ3n) is 5.00. The Balaban J connectivity index is 1.68. The van der Waals surface area contributed by atoms with Crippen LogP contribution in [0.1, 0.15) is 25.5 Å². The van der Waals surface area contributed by atoms with Gasteiger partial charge in [0.1, 0.15) is 12.4 Å². The van der Waals surface area contributed by atoms with Crippen LogP contribution in [0.15, 0.2) is 48.5 Å². The summed E-state index contributed by atoms with van der Waals surface area (Å²) in [6.07, 6.45) is -0.655. The van der Waals surface area contributed by atoms with E-state index in [0.717, 1.165) is 24.4 Å². The number of likely N-dealkylation sites (N-methyl/N-ethyl adjacent to an activating group) is 1. The van der Waals surface area contributed by atoms with E-state index < -0.39 is 6.10 Å². The lowest BCUT2D eigenvalue weighted by molar-refractivity contribution is -0.130. The van der Waals surface area contributed by atoms with Crippen molar-refractivity contribution in [1.82, 2.24) is 10.2 Å². The molecule has 0 radical (unpaired) electrons. The predicted molar refractivity (Wildman–Crippen MR) is 108 cm³/mol. The first kappa shape index (κ1) is 20.0. The third-order valence-corrected chi connectivity index (χ3v) is 5.00. The van der Waals surface area contributed by atoms with Crippen molar-refractivity contribution < 1.29 is 19.0 Å². The molecule has 0 spiro atoms. The lowest BCUT2D eigenvalue weighted by Crippen LogP contribution is -2.46. The summed E-state index contributed by atoms with van der Waals surface area (Å²) in [5.74, 6) is 1.90. The number of methoxy groups -OCH3 is 1. The average Bonchev–Trinajstić information content (AvgIpc) is 2.76. The molecular formula is C22H28N2O4. The van der Waals surface area contributed by atoms with Gasteiger partial charge in [0.25, 0.3) is 5.91 Å². The Labute approximate surface area is 166 Å². The van der Waals surface area contributed by atoms with Crippen LogP contribution in [0.4, 0.5) is 0 Å². The molecule has 6 heteroatoms. The molecule has 1 aliphatic rings. The molecule has 0 aliphatic carbocycles. The number of rotatable bonds is 8. The van der Waals surface area contributed by atoms with Gasteiger partial charge >= 0.3 is 0 Å². The lowest BCUT2D eigenvalue weighted by atomic mass is 10.0. The second-order valence-electron chi connectivity index (χ2n) is 6.62. The van der Waals surface area contributed by atoms with Crippen LogP contribution in [0.25, 0.3) is 0 Å². The minimum atomic E-state index is -0.655. The Morgan fingerprint density at radius 1 is 1.18 bits per heavy atom. The monoisotopic (exact) mass is 384 g/mol. The zero-order chi connectivity index (χ0) is 19.9. The molecule has 2 unspecified atom stereocenters. The summed E-state index contributed by atoms with van der Waals surface area (Å²) in [5.41, 5.74) is 1.11. The van der Waals surface area contributed by atoms with E-state index in [1.807, 2.05) is 42.5 Å². The molecule has 1 aliphatic heterocycles. The summed E-state index contributed by atoms with van der Waals surface area (Å²) in [7, 11) is 1.66. The van der Waals surface area contributed by atoms with Crippen molar-refractivity contribution in [2.45, 2.75) is 26.0 Å². The van der Waals surface area contributed by atoms with E-state index in [0.29, 0.717) is 18.0 Å². The van der Waals surface area contributed by atoms with Crippen LogP contribution in [0.2, 0.25) is 0 Å². The van der Waals surface area contributed by atoms with Crippen molar-refractivity contribution >= 4 is 5.91 Å². The fourth-order valence-corrected chi connectivity index (χ4v) is 3.43. The minimum absolute atomic E-state index is 0.0471. The number of nitrogens with one attached hydrogen (secondary N) is 1. The standard InChI is InChI=1S/C22H28N2O4/c1-4-24(5-2)18(16-9-8-10-17(13-16)26-3)14-23-22(25)21-15-27-19-11-6-7-12-20(19)28-21/h6-13,18,21H,4-5,14-15H2,1-3H3,(H,23,25). The quantitative estimate of drug-likeness (QED) is 0.758. The largest absolute Gasteiger partial charge is 0.497 e. The van der Waals surface area contributed by atoms with E-state index in [-0.39, 0.29) is 18.6 Å². The van der Waals surface area contributed by atoms with E-state index in [1.165, 1.54) is 0 Å². The summed E-state index contributed by atoms with van der Waals surface area (Å²) in [5, 5.41) is 3.04. The average molecular weight is 384 g/mol. The molecule has 1 heterocycles. The maximum absolute atomic E-state index is 12.7. The highest BCUT2D eigenvalue weighted by Gasteiger charge is 2.28. The van der Waals surface area contributed by atoms with Crippen molar-refractivity contribution in [2.24, 2.45) is 0 Å². The molecule has 1 N–H and O–H groups in total. The molecule has 0 bridgehead atoms. The van der Waals surface area contributed by atoms with E-state index in [4.69, 9.17) is 14.2 Å². The molecule has 0 fully saturated rings. The number of carbonyl (C=O) groups is 1. The smallest absolute Gasteiger partial charge is 0.264 e. The number of fused-ring (bicyclic) bond motifs is 1. The topological polar surface area (TPSA) is 60.0 Å². The first-order valence-corrected chi connectivity index (χ1v) is 9.70. The van der Waals surface area contributed by atoms with E-state index in [9.17, 15) is 4.79 Å². The second-order valence-corrected chi connectivity index (χ2v) is 6.62. The second kappa shape index (κ2) is 9.46. The molecular weight excluding hydrogens is 356 g/mol. The Bertz CT molecular complexity index is 792. The van der Waals surface area contributed by atoms with Crippen LogP contribution in [-0.2, 0) is 4.79 Å². The summed E-state index contributed by atoms with van der Waals surface area (Å²) in [6.45, 7) is 6.68. The van der Waals surface area contributed by atoms with Crippen LogP contribution < -0.4 is 19.5 Å². The fourth-order valence-electron chi connectivity index (χ4n) is 3.43. The van der Waals surface area contributed by atoms with Gasteiger partial charge in [-0.3, -0.25) is 9.69 Å². The molecule has 0 saturated heterocycles. The fraction of sp³-hybridized carbons (Fsp3) is 0.409. The van der Waals surface area contributed by atoms with E-state index in [2.05, 4.69) is 30.1 Å². The van der Waals surface area contributed by atoms with Crippen molar-refractivity contribution in [3.05, 3.63) is 54.1 Å². The van der Waals surface area contributed by atoms with Gasteiger partial charge in [0.15, 0.2) is 11.5 Å². The highest BCUT2D eigenvalue weighted by Crippen LogP contribution is 2.31. The molecule has 150 valence electrons. The Morgan fingerprint density at radius 3 is 2.64 bits per heavy atom. The predicted octanol–water partition coefficient (Wildman–Crippen LogP) is 3.03. The number of amides is 1. The SMILES string of the molecule is CCN(CC)C(CNC(=O)C1COc2ccccc2O1)c1cccc(OC)c1. The minimum Gasteiger partial charge on any atom is -0.497 e. The molecule has 28 heavy (non-hydrogen) atoms. The molecule has 2 aromatic carbocycles. The highest BCUT2D eigenvalue weighted by molar-refractivity contribution is 5.81. The molecule has 6 nitrogen and oxygen atoms in total. The molecule has 3 rings (SSSR count). The van der Waals surface area contributed by atoms with E-state index >= 15 is 0 Å². The Kier molecular flexibility index (Phi) is 6.76. The normalized spacial score (nSPS) is 16.5. The Hall–Kier alpha value is -2.73. The zero-order valence-corrected chi connectivity index (χ0v) is 16.7. The van der Waals surface area contributed by atoms with Crippen LogP contribution in [0, 0.1) is 0 Å². The number of nitrogens with zero attached hydrogens (tertiary/aromatic N) is 1. The van der Waals surface area contributed by atoms with Crippen LogP contribution in [-0.4, -0.2) is 50.3 Å². The number of ether oxygens (including phenoxy) is 3. The number of benzene rings is 2. The number of hydrogen-bond acceptors (Lipinski definition) is 5. The van der Waals surface area contributed by atoms with Gasteiger partial charge in [-0.05, 0) is 42.9 Å². The van der Waals surface area contributed by atoms with E-state index in [1.54, 1.807) is 7.11 Å². The highest BCUT2D eigenvalue weighted by atomic mass is 16.6. The maximum Gasteiger partial charge on any atom is 0.264 e. The zero-order valence-electron chi connectivity index (χ0n) is 16.7. The molecule has 2 aromatic rings. The van der Waals surface area contributed by atoms with Crippen LogP contribution in [0.5, 0.6) is 17.2 Å². The van der Waals surface area contributed by atoms with Gasteiger partial charge in [0, 0.05) is 6.54 Å². The van der Waals surface area contributed by atoms with Crippen LogP contribution in [0.3, 0.4) is 0 Å². The summed E-state index contributed by atoms with van der Waals surface area (Å²) in [4.78, 5) is 15.0. The molecule has 0 aromatic heterocycles. The van der Waals surface area contributed by atoms with Gasteiger partial charge in [0.2, 0.25) is 6.10 Å². The summed E-state index contributed by atoms with van der Waals surface area (Å²) >= 11 is 0. The maximum atomic E-state index is 12.7. The van der Waals surface area contributed by atoms with Gasteiger partial charge < -0.3 is 19.5 Å². The van der Waals surface area contributed by atoms with Crippen molar-refractivity contribution in [3.63, 3.8) is 0 Å². The molecule has 0 saturated carbocycles. The van der Waals surface area contributed by atoms with Crippen molar-refractivity contribution in [1.29, 1.82) is 0 Å². The first-order chi connectivity index (χ1) is 13.7. The summed E-state index contributed by atoms with van der Waals surface area (Å²) < 4.78 is 16.8. The van der Waals surface area contributed by atoms with Crippen molar-refractivity contribution in [3.8, 4) is 17.2 Å². The first-order valence-electron chi connectivity index (χ1n) is 9.70. The Morgan fingerprint density at radius 2 is 1.93 bits per heavy atom. The summed E-state index contributed by atoms with van der Waals surface area (Å²) in [6, 6.07) is 15.4. The number of hydrogen-bond donors (Lipinski definition) is 1. The third kappa shape index (κ3) is 4.57.